The standard InChI is InChI=1S/C14H15NO3S/c1-10-7-13(17)15(14(18)8-10)9-12-5-4-11(19-12)3-2-6-16/h4-5,10,16H,6-9H2,1H3. The Morgan fingerprint density at radius 1 is 1.37 bits per heavy atom. The lowest BCUT2D eigenvalue weighted by Crippen LogP contribution is -2.41. The van der Waals surface area contributed by atoms with Gasteiger partial charge in [0.15, 0.2) is 0 Å². The first-order valence-electron chi connectivity index (χ1n) is 6.11. The summed E-state index contributed by atoms with van der Waals surface area (Å²) in [5, 5.41) is 8.62. The molecule has 2 heterocycles. The molecule has 1 fully saturated rings. The number of hydrogen-bond donors (Lipinski definition) is 1. The highest BCUT2D eigenvalue weighted by atomic mass is 32.1. The molecular formula is C14H15NO3S. The largest absolute Gasteiger partial charge is 0.384 e. The molecule has 1 aromatic rings. The van der Waals surface area contributed by atoms with E-state index in [2.05, 4.69) is 11.8 Å². The summed E-state index contributed by atoms with van der Waals surface area (Å²) in [6, 6.07) is 3.70. The summed E-state index contributed by atoms with van der Waals surface area (Å²) in [7, 11) is 0. The average Bonchev–Trinajstić information content (AvgIpc) is 2.79. The van der Waals surface area contributed by atoms with E-state index < -0.39 is 0 Å². The molecule has 2 rings (SSSR count). The molecule has 1 aliphatic heterocycles. The molecule has 0 bridgehead atoms. The molecule has 1 aromatic heterocycles. The van der Waals surface area contributed by atoms with Crippen LogP contribution in [-0.4, -0.2) is 28.4 Å². The molecule has 1 aliphatic rings. The Morgan fingerprint density at radius 2 is 2.05 bits per heavy atom. The van der Waals surface area contributed by atoms with Crippen LogP contribution in [-0.2, 0) is 16.1 Å². The van der Waals surface area contributed by atoms with Crippen molar-refractivity contribution in [3.63, 3.8) is 0 Å². The number of imide groups is 1. The Morgan fingerprint density at radius 3 is 2.68 bits per heavy atom. The molecule has 19 heavy (non-hydrogen) atoms. The maximum atomic E-state index is 11.8. The summed E-state index contributed by atoms with van der Waals surface area (Å²) in [6.07, 6.45) is 0.878. The van der Waals surface area contributed by atoms with E-state index in [1.54, 1.807) is 0 Å². The van der Waals surface area contributed by atoms with Gasteiger partial charge >= 0.3 is 0 Å². The number of rotatable bonds is 2. The van der Waals surface area contributed by atoms with E-state index in [9.17, 15) is 9.59 Å². The molecule has 0 aliphatic carbocycles. The molecular weight excluding hydrogens is 262 g/mol. The maximum absolute atomic E-state index is 11.8. The van der Waals surface area contributed by atoms with Crippen molar-refractivity contribution in [2.24, 2.45) is 5.92 Å². The third-order valence-corrected chi connectivity index (χ3v) is 3.90. The number of aliphatic hydroxyl groups excluding tert-OH is 1. The van der Waals surface area contributed by atoms with Crippen molar-refractivity contribution >= 4 is 23.2 Å². The fourth-order valence-corrected chi connectivity index (χ4v) is 2.89. The van der Waals surface area contributed by atoms with Crippen LogP contribution in [0.25, 0.3) is 0 Å². The fraction of sp³-hybridized carbons (Fsp3) is 0.429. The molecule has 0 unspecified atom stereocenters. The zero-order chi connectivity index (χ0) is 13.8. The highest BCUT2D eigenvalue weighted by Crippen LogP contribution is 2.23. The van der Waals surface area contributed by atoms with Crippen molar-refractivity contribution < 1.29 is 14.7 Å². The van der Waals surface area contributed by atoms with Crippen LogP contribution in [0.2, 0.25) is 0 Å². The van der Waals surface area contributed by atoms with Gasteiger partial charge in [-0.15, -0.1) is 11.3 Å². The van der Waals surface area contributed by atoms with E-state index in [1.165, 1.54) is 16.2 Å². The SMILES string of the molecule is CC1CC(=O)N(Cc2ccc(C#CCO)s2)C(=O)C1. The molecule has 0 saturated carbocycles. The average molecular weight is 277 g/mol. The van der Waals surface area contributed by atoms with Gasteiger partial charge in [0.1, 0.15) is 6.61 Å². The Hall–Kier alpha value is -1.64. The van der Waals surface area contributed by atoms with Gasteiger partial charge in [0.2, 0.25) is 11.8 Å². The number of piperidine rings is 1. The molecule has 0 radical (unpaired) electrons. The van der Waals surface area contributed by atoms with Crippen molar-refractivity contribution in [3.8, 4) is 11.8 Å². The Labute approximate surface area is 116 Å². The van der Waals surface area contributed by atoms with Gasteiger partial charge in [0, 0.05) is 17.7 Å². The number of carbonyl (C=O) groups excluding carboxylic acids is 2. The lowest BCUT2D eigenvalue weighted by molar-refractivity contribution is -0.150. The van der Waals surface area contributed by atoms with E-state index >= 15 is 0 Å². The normalized spacial score (nSPS) is 16.4. The number of nitrogens with zero attached hydrogens (tertiary/aromatic N) is 1. The van der Waals surface area contributed by atoms with Gasteiger partial charge < -0.3 is 5.11 Å². The molecule has 2 amide bonds. The van der Waals surface area contributed by atoms with Crippen molar-refractivity contribution in [3.05, 3.63) is 21.9 Å². The highest BCUT2D eigenvalue weighted by Gasteiger charge is 2.30. The minimum atomic E-state index is -0.172. The maximum Gasteiger partial charge on any atom is 0.229 e. The summed E-state index contributed by atoms with van der Waals surface area (Å²) in [5.41, 5.74) is 0. The second-order valence-corrected chi connectivity index (χ2v) is 5.78. The minimum Gasteiger partial charge on any atom is -0.384 e. The molecule has 100 valence electrons. The van der Waals surface area contributed by atoms with Crippen LogP contribution in [0.3, 0.4) is 0 Å². The van der Waals surface area contributed by atoms with E-state index in [-0.39, 0.29) is 24.3 Å². The van der Waals surface area contributed by atoms with Crippen LogP contribution >= 0.6 is 11.3 Å². The number of carbonyl (C=O) groups is 2. The summed E-state index contributed by atoms with van der Waals surface area (Å²) in [5.74, 6) is 5.33. The second kappa shape index (κ2) is 6.00. The highest BCUT2D eigenvalue weighted by molar-refractivity contribution is 7.12. The summed E-state index contributed by atoms with van der Waals surface area (Å²) in [4.78, 5) is 26.8. The first kappa shape index (κ1) is 13.8. The lowest BCUT2D eigenvalue weighted by atomic mass is 9.98. The number of aliphatic hydroxyl groups is 1. The Bertz CT molecular complexity index is 535. The molecule has 1 N–H and O–H groups in total. The molecule has 0 aromatic carbocycles. The van der Waals surface area contributed by atoms with E-state index in [0.717, 1.165) is 9.75 Å². The van der Waals surface area contributed by atoms with Crippen molar-refractivity contribution in [2.45, 2.75) is 26.3 Å². The summed E-state index contributed by atoms with van der Waals surface area (Å²) in [6.45, 7) is 2.07. The number of thiophene rings is 1. The van der Waals surface area contributed by atoms with Crippen LogP contribution in [0.15, 0.2) is 12.1 Å². The smallest absolute Gasteiger partial charge is 0.229 e. The van der Waals surface area contributed by atoms with Crippen molar-refractivity contribution in [1.29, 1.82) is 0 Å². The fourth-order valence-electron chi connectivity index (χ4n) is 2.02. The van der Waals surface area contributed by atoms with Gasteiger partial charge in [-0.05, 0) is 18.1 Å². The van der Waals surface area contributed by atoms with Gasteiger partial charge in [-0.2, -0.15) is 0 Å². The van der Waals surface area contributed by atoms with Gasteiger partial charge in [0.05, 0.1) is 11.4 Å². The summed E-state index contributed by atoms with van der Waals surface area (Å²) < 4.78 is 0. The van der Waals surface area contributed by atoms with Crippen molar-refractivity contribution in [2.75, 3.05) is 6.61 Å². The predicted octanol–water partition coefficient (Wildman–Crippen LogP) is 1.38. The third-order valence-electron chi connectivity index (χ3n) is 2.91. The van der Waals surface area contributed by atoms with E-state index in [0.29, 0.717) is 19.4 Å². The third kappa shape index (κ3) is 3.43. The van der Waals surface area contributed by atoms with Gasteiger partial charge in [-0.1, -0.05) is 18.8 Å². The van der Waals surface area contributed by atoms with Crippen LogP contribution in [0.1, 0.15) is 29.5 Å². The van der Waals surface area contributed by atoms with Crippen LogP contribution < -0.4 is 0 Å². The summed E-state index contributed by atoms with van der Waals surface area (Å²) >= 11 is 1.44. The predicted molar refractivity (Wildman–Crippen MR) is 72.2 cm³/mol. The number of hydrogen-bond acceptors (Lipinski definition) is 4. The second-order valence-electron chi connectivity index (χ2n) is 4.61. The number of likely N-dealkylation sites (tertiary alicyclic amines) is 1. The molecule has 1 saturated heterocycles. The first-order chi connectivity index (χ1) is 9.10. The zero-order valence-corrected chi connectivity index (χ0v) is 11.5. The molecule has 4 nitrogen and oxygen atoms in total. The minimum absolute atomic E-state index is 0.0971. The Balaban J connectivity index is 2.06. The Kier molecular flexibility index (Phi) is 4.35. The molecule has 5 heteroatoms. The van der Waals surface area contributed by atoms with Crippen LogP contribution in [0.4, 0.5) is 0 Å². The number of amides is 2. The zero-order valence-electron chi connectivity index (χ0n) is 10.7. The lowest BCUT2D eigenvalue weighted by Gasteiger charge is -2.27. The first-order valence-corrected chi connectivity index (χ1v) is 6.93. The molecule has 0 atom stereocenters. The van der Waals surface area contributed by atoms with Crippen LogP contribution in [0.5, 0.6) is 0 Å². The van der Waals surface area contributed by atoms with Crippen molar-refractivity contribution in [1.82, 2.24) is 4.90 Å². The van der Waals surface area contributed by atoms with Crippen LogP contribution in [0, 0.1) is 17.8 Å². The van der Waals surface area contributed by atoms with E-state index in [1.807, 2.05) is 19.1 Å². The monoisotopic (exact) mass is 277 g/mol. The van der Waals surface area contributed by atoms with Gasteiger partial charge in [-0.25, -0.2) is 0 Å². The van der Waals surface area contributed by atoms with Gasteiger partial charge in [-0.3, -0.25) is 14.5 Å². The molecule has 0 spiro atoms. The quantitative estimate of drug-likeness (QED) is 0.656. The topological polar surface area (TPSA) is 57.6 Å². The van der Waals surface area contributed by atoms with E-state index in [4.69, 9.17) is 5.11 Å². The van der Waals surface area contributed by atoms with Gasteiger partial charge in [0.25, 0.3) is 0 Å².